The zero-order valence-electron chi connectivity index (χ0n) is 13.4. The molecule has 1 saturated heterocycles. The highest BCUT2D eigenvalue weighted by Crippen LogP contribution is 2.36. The van der Waals surface area contributed by atoms with Gasteiger partial charge in [-0.1, -0.05) is 6.07 Å². The molecule has 1 aliphatic rings. The zero-order chi connectivity index (χ0) is 16.0. The fourth-order valence-corrected chi connectivity index (χ4v) is 2.22. The second-order valence-electron chi connectivity index (χ2n) is 6.38. The van der Waals surface area contributed by atoms with Gasteiger partial charge in [-0.2, -0.15) is 0 Å². The summed E-state index contributed by atoms with van der Waals surface area (Å²) in [6.45, 7) is 9.78. The van der Waals surface area contributed by atoms with Gasteiger partial charge in [0.2, 0.25) is 0 Å². The summed E-state index contributed by atoms with van der Waals surface area (Å²) in [5.41, 5.74) is 7.40. The van der Waals surface area contributed by atoms with Gasteiger partial charge in [0.05, 0.1) is 23.9 Å². The first kappa shape index (κ1) is 15.9. The number of methoxy groups -OCH3 is 1. The van der Waals surface area contributed by atoms with Crippen LogP contribution in [-0.4, -0.2) is 31.4 Å². The van der Waals surface area contributed by atoms with Crippen LogP contribution in [0, 0.1) is 6.92 Å². The molecule has 0 aliphatic carbocycles. The van der Waals surface area contributed by atoms with Crippen LogP contribution < -0.4 is 11.2 Å². The lowest BCUT2D eigenvalue weighted by molar-refractivity contribution is 0.00578. The third-order valence-corrected chi connectivity index (χ3v) is 4.34. The molecule has 1 aliphatic heterocycles. The summed E-state index contributed by atoms with van der Waals surface area (Å²) in [6, 6.07) is 3.56. The summed E-state index contributed by atoms with van der Waals surface area (Å²) in [6.07, 6.45) is 0. The molecule has 0 amide bonds. The van der Waals surface area contributed by atoms with Crippen LogP contribution >= 0.6 is 0 Å². The van der Waals surface area contributed by atoms with Crippen molar-refractivity contribution in [1.82, 2.24) is 0 Å². The number of aryl methyl sites for hydroxylation is 1. The first-order chi connectivity index (χ1) is 9.59. The Morgan fingerprint density at radius 3 is 2.19 bits per heavy atom. The number of anilines is 1. The maximum absolute atomic E-state index is 11.8. The summed E-state index contributed by atoms with van der Waals surface area (Å²) in [5, 5.41) is 0. The standard InChI is InChI=1S/C15H22BNO4/c1-9-7-10(8-11(12(9)17)13(18)19-6)16-20-14(2,3)15(4,5)21-16/h7-8H,17H2,1-6H3. The topological polar surface area (TPSA) is 70.8 Å². The molecule has 2 rings (SSSR count). The van der Waals surface area contributed by atoms with Gasteiger partial charge in [0.15, 0.2) is 0 Å². The molecule has 114 valence electrons. The van der Waals surface area contributed by atoms with Crippen molar-refractivity contribution in [3.05, 3.63) is 23.3 Å². The minimum Gasteiger partial charge on any atom is -0.465 e. The molecule has 0 atom stereocenters. The Labute approximate surface area is 125 Å². The number of carbonyl (C=O) groups is 1. The molecule has 5 nitrogen and oxygen atoms in total. The van der Waals surface area contributed by atoms with Crippen molar-refractivity contribution in [2.45, 2.75) is 45.8 Å². The number of rotatable bonds is 2. The molecule has 0 bridgehead atoms. The summed E-state index contributed by atoms with van der Waals surface area (Å²) in [7, 11) is 0.802. The third kappa shape index (κ3) is 2.65. The van der Waals surface area contributed by atoms with Gasteiger partial charge in [0, 0.05) is 5.69 Å². The van der Waals surface area contributed by atoms with Crippen molar-refractivity contribution in [3.63, 3.8) is 0 Å². The molecule has 6 heteroatoms. The Kier molecular flexibility index (Phi) is 3.80. The van der Waals surface area contributed by atoms with Crippen LogP contribution in [0.5, 0.6) is 0 Å². The molecule has 0 aromatic heterocycles. The predicted octanol–water partition coefficient (Wildman–Crippen LogP) is 1.66. The molecule has 0 spiro atoms. The zero-order valence-corrected chi connectivity index (χ0v) is 13.4. The molecule has 0 saturated carbocycles. The van der Waals surface area contributed by atoms with Crippen LogP contribution in [-0.2, 0) is 14.0 Å². The number of nitrogens with two attached hydrogens (primary N) is 1. The number of ether oxygens (including phenoxy) is 1. The summed E-state index contributed by atoms with van der Waals surface area (Å²) >= 11 is 0. The van der Waals surface area contributed by atoms with Crippen molar-refractivity contribution < 1.29 is 18.8 Å². The van der Waals surface area contributed by atoms with E-state index in [4.69, 9.17) is 19.8 Å². The fraction of sp³-hybridized carbons (Fsp3) is 0.533. The van der Waals surface area contributed by atoms with Gasteiger partial charge in [0.1, 0.15) is 0 Å². The molecule has 0 unspecified atom stereocenters. The van der Waals surface area contributed by atoms with Gasteiger partial charge in [-0.3, -0.25) is 0 Å². The van der Waals surface area contributed by atoms with E-state index in [1.807, 2.05) is 40.7 Å². The van der Waals surface area contributed by atoms with Crippen molar-refractivity contribution >= 4 is 24.2 Å². The van der Waals surface area contributed by atoms with Crippen LogP contribution in [0.1, 0.15) is 43.6 Å². The SMILES string of the molecule is COC(=O)c1cc(B2OC(C)(C)C(C)(C)O2)cc(C)c1N. The highest BCUT2D eigenvalue weighted by molar-refractivity contribution is 6.62. The number of nitrogen functional groups attached to an aromatic ring is 1. The maximum Gasteiger partial charge on any atom is 0.494 e. The Morgan fingerprint density at radius 2 is 1.71 bits per heavy atom. The fourth-order valence-electron chi connectivity index (χ4n) is 2.22. The molecule has 21 heavy (non-hydrogen) atoms. The van der Waals surface area contributed by atoms with E-state index in [1.54, 1.807) is 6.07 Å². The molecule has 2 N–H and O–H groups in total. The van der Waals surface area contributed by atoms with Gasteiger partial charge in [0.25, 0.3) is 0 Å². The van der Waals surface area contributed by atoms with Gasteiger partial charge >= 0.3 is 13.1 Å². The third-order valence-electron chi connectivity index (χ3n) is 4.34. The second-order valence-corrected chi connectivity index (χ2v) is 6.38. The lowest BCUT2D eigenvalue weighted by atomic mass is 9.77. The van der Waals surface area contributed by atoms with E-state index in [1.165, 1.54) is 7.11 Å². The monoisotopic (exact) mass is 291 g/mol. The molecular weight excluding hydrogens is 269 g/mol. The summed E-state index contributed by atoms with van der Waals surface area (Å²) in [4.78, 5) is 11.8. The van der Waals surface area contributed by atoms with Crippen LogP contribution in [0.2, 0.25) is 0 Å². The largest absolute Gasteiger partial charge is 0.494 e. The van der Waals surface area contributed by atoms with Gasteiger partial charge in [-0.25, -0.2) is 4.79 Å². The van der Waals surface area contributed by atoms with E-state index >= 15 is 0 Å². The highest BCUT2D eigenvalue weighted by atomic mass is 16.7. The van der Waals surface area contributed by atoms with E-state index in [0.29, 0.717) is 11.3 Å². The lowest BCUT2D eigenvalue weighted by Gasteiger charge is -2.32. The van der Waals surface area contributed by atoms with E-state index in [0.717, 1.165) is 11.0 Å². The molecular formula is C15H22BNO4. The van der Waals surface area contributed by atoms with E-state index in [-0.39, 0.29) is 0 Å². The van der Waals surface area contributed by atoms with Gasteiger partial charge < -0.3 is 19.8 Å². The first-order valence-corrected chi connectivity index (χ1v) is 6.93. The number of hydrogen-bond acceptors (Lipinski definition) is 5. The average Bonchev–Trinajstić information content (AvgIpc) is 2.60. The minimum atomic E-state index is -0.530. The van der Waals surface area contributed by atoms with Gasteiger partial charge in [-0.05, 0) is 51.7 Å². The molecule has 1 heterocycles. The van der Waals surface area contributed by atoms with Gasteiger partial charge in [-0.15, -0.1) is 0 Å². The molecule has 1 aromatic rings. The number of esters is 1. The quantitative estimate of drug-likeness (QED) is 0.510. The van der Waals surface area contributed by atoms with Crippen LogP contribution in [0.15, 0.2) is 12.1 Å². The normalized spacial score (nSPS) is 19.6. The Balaban J connectivity index is 2.43. The average molecular weight is 291 g/mol. The Hall–Kier alpha value is -1.53. The second kappa shape index (κ2) is 5.03. The lowest BCUT2D eigenvalue weighted by Crippen LogP contribution is -2.41. The van der Waals surface area contributed by atoms with Crippen molar-refractivity contribution in [2.24, 2.45) is 0 Å². The molecule has 1 aromatic carbocycles. The van der Waals surface area contributed by atoms with Crippen LogP contribution in [0.3, 0.4) is 0 Å². The Morgan fingerprint density at radius 1 is 1.19 bits per heavy atom. The highest BCUT2D eigenvalue weighted by Gasteiger charge is 2.51. The van der Waals surface area contributed by atoms with E-state index in [9.17, 15) is 4.79 Å². The van der Waals surface area contributed by atoms with E-state index < -0.39 is 24.3 Å². The minimum absolute atomic E-state index is 0.335. The molecule has 0 radical (unpaired) electrons. The predicted molar refractivity (Wildman–Crippen MR) is 82.6 cm³/mol. The molecule has 1 fully saturated rings. The Bertz CT molecular complexity index is 567. The van der Waals surface area contributed by atoms with Crippen LogP contribution in [0.4, 0.5) is 5.69 Å². The summed E-state index contributed by atoms with van der Waals surface area (Å²) in [5.74, 6) is -0.464. The smallest absolute Gasteiger partial charge is 0.465 e. The van der Waals surface area contributed by atoms with Crippen LogP contribution in [0.25, 0.3) is 0 Å². The summed E-state index contributed by atoms with van der Waals surface area (Å²) < 4.78 is 16.8. The maximum atomic E-state index is 11.8. The number of hydrogen-bond donors (Lipinski definition) is 1. The van der Waals surface area contributed by atoms with Crippen molar-refractivity contribution in [1.29, 1.82) is 0 Å². The number of benzene rings is 1. The van der Waals surface area contributed by atoms with Crippen molar-refractivity contribution in [3.8, 4) is 0 Å². The van der Waals surface area contributed by atoms with E-state index in [2.05, 4.69) is 0 Å². The first-order valence-electron chi connectivity index (χ1n) is 6.93. The number of carbonyl (C=O) groups excluding carboxylic acids is 1. The van der Waals surface area contributed by atoms with Crippen molar-refractivity contribution in [2.75, 3.05) is 12.8 Å².